The summed E-state index contributed by atoms with van der Waals surface area (Å²) < 4.78 is 5.95. The molecule has 1 nitrogen and oxygen atoms in total. The summed E-state index contributed by atoms with van der Waals surface area (Å²) >= 11 is 0. The summed E-state index contributed by atoms with van der Waals surface area (Å²) in [6.07, 6.45) is 7.29. The Morgan fingerprint density at radius 3 is 2.53 bits per heavy atom. The van der Waals surface area contributed by atoms with E-state index in [9.17, 15) is 0 Å². The minimum absolute atomic E-state index is 0.234. The first-order valence-electron chi connectivity index (χ1n) is 6.79. The molecule has 0 amide bonds. The second-order valence-electron chi connectivity index (χ2n) is 5.10. The molecule has 2 heteroatoms. The van der Waals surface area contributed by atoms with Crippen molar-refractivity contribution in [1.29, 1.82) is 0 Å². The van der Waals surface area contributed by atoms with Gasteiger partial charge in [0.2, 0.25) is 8.32 Å². The zero-order valence-corrected chi connectivity index (χ0v) is 13.0. The fourth-order valence-electron chi connectivity index (χ4n) is 1.55. The lowest BCUT2D eigenvalue weighted by Crippen LogP contribution is -2.32. The van der Waals surface area contributed by atoms with E-state index in [-0.39, 0.29) is 6.10 Å². The molecule has 1 atom stereocenters. The quantitative estimate of drug-likeness (QED) is 0.346. The lowest BCUT2D eigenvalue weighted by atomic mass is 10.1. The second-order valence-corrected chi connectivity index (χ2v) is 8.96. The van der Waals surface area contributed by atoms with Crippen LogP contribution >= 0.6 is 0 Å². The maximum absolute atomic E-state index is 5.95. The Morgan fingerprint density at radius 1 is 1.24 bits per heavy atom. The van der Waals surface area contributed by atoms with Crippen LogP contribution in [0.2, 0.25) is 13.1 Å². The van der Waals surface area contributed by atoms with E-state index in [4.69, 9.17) is 4.43 Å². The maximum atomic E-state index is 5.95. The Balaban J connectivity index is 3.66. The number of hydrogen-bond donors (Lipinski definition) is 0. The molecule has 0 aromatic rings. The monoisotopic (exact) mass is 252 g/mol. The SMILES string of the molecule is C=C[Si](C)(C)OC(C)CC#CCCCCCC. The Morgan fingerprint density at radius 2 is 1.94 bits per heavy atom. The van der Waals surface area contributed by atoms with Crippen molar-refractivity contribution in [2.24, 2.45) is 0 Å². The predicted molar refractivity (Wildman–Crippen MR) is 79.4 cm³/mol. The highest BCUT2D eigenvalue weighted by molar-refractivity contribution is 6.76. The van der Waals surface area contributed by atoms with Crippen molar-refractivity contribution in [3.63, 3.8) is 0 Å². The van der Waals surface area contributed by atoms with E-state index in [1.807, 2.05) is 5.70 Å². The highest BCUT2D eigenvalue weighted by Crippen LogP contribution is 2.10. The van der Waals surface area contributed by atoms with E-state index < -0.39 is 8.32 Å². The molecule has 0 aromatic heterocycles. The van der Waals surface area contributed by atoms with Crippen molar-refractivity contribution in [2.75, 3.05) is 0 Å². The van der Waals surface area contributed by atoms with Crippen LogP contribution in [0, 0.1) is 11.8 Å². The average molecular weight is 252 g/mol. The molecule has 0 aliphatic rings. The van der Waals surface area contributed by atoms with Gasteiger partial charge in [0.05, 0.1) is 6.10 Å². The van der Waals surface area contributed by atoms with Gasteiger partial charge in [-0.1, -0.05) is 31.9 Å². The van der Waals surface area contributed by atoms with Crippen LogP contribution in [0.1, 0.15) is 52.4 Å². The van der Waals surface area contributed by atoms with Crippen LogP contribution in [0.25, 0.3) is 0 Å². The third-order valence-corrected chi connectivity index (χ3v) is 4.66. The molecule has 0 spiro atoms. The molecule has 0 rings (SSSR count). The summed E-state index contributed by atoms with van der Waals surface area (Å²) in [5, 5.41) is 0. The summed E-state index contributed by atoms with van der Waals surface area (Å²) in [4.78, 5) is 0. The molecule has 0 saturated carbocycles. The van der Waals surface area contributed by atoms with E-state index in [1.165, 1.54) is 25.7 Å². The van der Waals surface area contributed by atoms with E-state index in [0.29, 0.717) is 0 Å². The van der Waals surface area contributed by atoms with Crippen molar-refractivity contribution in [1.82, 2.24) is 0 Å². The smallest absolute Gasteiger partial charge is 0.210 e. The standard InChI is InChI=1S/C15H28OSi/c1-6-8-9-10-11-12-13-14-15(3)16-17(4,5)7-2/h7,15H,2,6,8-11,14H2,1,3-5H3. The summed E-state index contributed by atoms with van der Waals surface area (Å²) in [5.74, 6) is 6.46. The van der Waals surface area contributed by atoms with Gasteiger partial charge in [-0.15, -0.1) is 18.4 Å². The Hall–Kier alpha value is -0.523. The van der Waals surface area contributed by atoms with E-state index in [1.54, 1.807) is 0 Å². The van der Waals surface area contributed by atoms with Gasteiger partial charge in [-0.2, -0.15) is 0 Å². The molecule has 98 valence electrons. The highest BCUT2D eigenvalue weighted by atomic mass is 28.4. The van der Waals surface area contributed by atoms with Gasteiger partial charge >= 0.3 is 0 Å². The maximum Gasteiger partial charge on any atom is 0.210 e. The first-order valence-corrected chi connectivity index (χ1v) is 9.77. The topological polar surface area (TPSA) is 9.23 Å². The van der Waals surface area contributed by atoms with Gasteiger partial charge in [-0.25, -0.2) is 0 Å². The van der Waals surface area contributed by atoms with Crippen LogP contribution in [-0.2, 0) is 4.43 Å². The molecular formula is C15H28OSi. The van der Waals surface area contributed by atoms with Gasteiger partial charge < -0.3 is 4.43 Å². The van der Waals surface area contributed by atoms with Gasteiger partial charge in [-0.3, -0.25) is 0 Å². The summed E-state index contributed by atoms with van der Waals surface area (Å²) in [7, 11) is -1.63. The predicted octanol–water partition coefficient (Wildman–Crippen LogP) is 4.69. The first kappa shape index (κ1) is 16.5. The van der Waals surface area contributed by atoms with Gasteiger partial charge in [0.1, 0.15) is 0 Å². The van der Waals surface area contributed by atoms with Crippen LogP contribution in [0.3, 0.4) is 0 Å². The fourth-order valence-corrected chi connectivity index (χ4v) is 2.77. The van der Waals surface area contributed by atoms with Crippen molar-refractivity contribution >= 4 is 8.32 Å². The number of hydrogen-bond acceptors (Lipinski definition) is 1. The molecule has 0 radical (unpaired) electrons. The van der Waals surface area contributed by atoms with Crippen LogP contribution in [-0.4, -0.2) is 14.4 Å². The molecule has 1 unspecified atom stereocenters. The van der Waals surface area contributed by atoms with E-state index >= 15 is 0 Å². The lowest BCUT2D eigenvalue weighted by molar-refractivity contribution is 0.223. The van der Waals surface area contributed by atoms with E-state index in [2.05, 4.69) is 45.4 Å². The zero-order chi connectivity index (χ0) is 13.1. The third kappa shape index (κ3) is 10.4. The molecule has 0 bridgehead atoms. The van der Waals surface area contributed by atoms with Crippen LogP contribution in [0.4, 0.5) is 0 Å². The molecule has 0 aromatic carbocycles. The molecule has 17 heavy (non-hydrogen) atoms. The molecule has 0 aliphatic carbocycles. The van der Waals surface area contributed by atoms with Crippen LogP contribution in [0.5, 0.6) is 0 Å². The average Bonchev–Trinajstić information content (AvgIpc) is 2.27. The zero-order valence-electron chi connectivity index (χ0n) is 12.0. The molecule has 0 N–H and O–H groups in total. The molecular weight excluding hydrogens is 224 g/mol. The summed E-state index contributed by atoms with van der Waals surface area (Å²) in [6.45, 7) is 12.5. The fraction of sp³-hybridized carbons (Fsp3) is 0.733. The molecule has 0 saturated heterocycles. The van der Waals surface area contributed by atoms with Crippen molar-refractivity contribution < 1.29 is 4.43 Å². The van der Waals surface area contributed by atoms with Crippen molar-refractivity contribution in [2.45, 2.75) is 71.6 Å². The van der Waals surface area contributed by atoms with Gasteiger partial charge in [-0.05, 0) is 26.4 Å². The van der Waals surface area contributed by atoms with Gasteiger partial charge in [0, 0.05) is 12.8 Å². The Labute approximate surface area is 109 Å². The summed E-state index contributed by atoms with van der Waals surface area (Å²) in [6, 6.07) is 0. The largest absolute Gasteiger partial charge is 0.410 e. The van der Waals surface area contributed by atoms with Crippen molar-refractivity contribution in [3.8, 4) is 11.8 Å². The second kappa shape index (κ2) is 9.50. The lowest BCUT2D eigenvalue weighted by Gasteiger charge is -2.22. The molecule has 0 fully saturated rings. The number of rotatable bonds is 8. The minimum atomic E-state index is -1.63. The van der Waals surface area contributed by atoms with Crippen molar-refractivity contribution in [3.05, 3.63) is 12.3 Å². The van der Waals surface area contributed by atoms with Gasteiger partial charge in [0.15, 0.2) is 0 Å². The Kier molecular flexibility index (Phi) is 9.21. The normalized spacial score (nSPS) is 12.7. The molecule has 0 aliphatic heterocycles. The van der Waals surface area contributed by atoms with Crippen LogP contribution < -0.4 is 0 Å². The summed E-state index contributed by atoms with van der Waals surface area (Å²) in [5.41, 5.74) is 1.97. The first-order chi connectivity index (χ1) is 8.02. The third-order valence-electron chi connectivity index (χ3n) is 2.67. The number of unbranched alkanes of at least 4 members (excludes halogenated alkanes) is 4. The Bertz CT molecular complexity index is 260. The highest BCUT2D eigenvalue weighted by Gasteiger charge is 2.19. The van der Waals surface area contributed by atoms with E-state index in [0.717, 1.165) is 12.8 Å². The van der Waals surface area contributed by atoms with Gasteiger partial charge in [0.25, 0.3) is 0 Å². The molecule has 0 heterocycles. The minimum Gasteiger partial charge on any atom is -0.410 e. The van der Waals surface area contributed by atoms with Crippen LogP contribution in [0.15, 0.2) is 12.3 Å².